The third kappa shape index (κ3) is 3.26. The van der Waals surface area contributed by atoms with Crippen LogP contribution in [0.3, 0.4) is 0 Å². The Bertz CT molecular complexity index is 697. The molecule has 0 unspecified atom stereocenters. The van der Waals surface area contributed by atoms with Gasteiger partial charge in [-0.1, -0.05) is 12.1 Å². The normalized spacial score (nSPS) is 11.0. The summed E-state index contributed by atoms with van der Waals surface area (Å²) >= 11 is 0. The SMILES string of the molecule is N=C(N)COc1ccccc1NS(=O)(=O)c1ccn[nH]1. The zero-order valence-corrected chi connectivity index (χ0v) is 11.1. The summed E-state index contributed by atoms with van der Waals surface area (Å²) in [6, 6.07) is 7.80. The molecule has 2 rings (SSSR count). The molecular weight excluding hydrogens is 282 g/mol. The lowest BCUT2D eigenvalue weighted by Gasteiger charge is -2.12. The maximum absolute atomic E-state index is 12.0. The number of aromatic nitrogens is 2. The Labute approximate surface area is 115 Å². The number of ether oxygens (including phenoxy) is 1. The quantitative estimate of drug-likeness (QED) is 0.455. The minimum Gasteiger partial charge on any atom is -0.484 e. The van der Waals surface area contributed by atoms with Crippen molar-refractivity contribution in [3.8, 4) is 5.75 Å². The average molecular weight is 295 g/mol. The number of nitrogens with two attached hydrogens (primary N) is 1. The van der Waals surface area contributed by atoms with Crippen LogP contribution in [0.1, 0.15) is 0 Å². The van der Waals surface area contributed by atoms with Gasteiger partial charge in [-0.05, 0) is 18.2 Å². The molecule has 0 saturated carbocycles. The monoisotopic (exact) mass is 295 g/mol. The molecule has 1 heterocycles. The number of rotatable bonds is 6. The maximum atomic E-state index is 12.0. The molecule has 1 aromatic carbocycles. The molecule has 8 nitrogen and oxygen atoms in total. The van der Waals surface area contributed by atoms with Gasteiger partial charge in [0, 0.05) is 0 Å². The van der Waals surface area contributed by atoms with Crippen LogP contribution in [0.5, 0.6) is 5.75 Å². The second-order valence-electron chi connectivity index (χ2n) is 3.84. The molecule has 0 aliphatic carbocycles. The van der Waals surface area contributed by atoms with E-state index in [4.69, 9.17) is 15.9 Å². The summed E-state index contributed by atoms with van der Waals surface area (Å²) in [6.07, 6.45) is 1.34. The van der Waals surface area contributed by atoms with Crippen LogP contribution >= 0.6 is 0 Å². The Morgan fingerprint density at radius 3 is 2.80 bits per heavy atom. The molecule has 0 saturated heterocycles. The number of nitrogens with zero attached hydrogens (tertiary/aromatic N) is 1. The van der Waals surface area contributed by atoms with E-state index in [2.05, 4.69) is 14.9 Å². The smallest absolute Gasteiger partial charge is 0.278 e. The Morgan fingerprint density at radius 2 is 2.15 bits per heavy atom. The lowest BCUT2D eigenvalue weighted by atomic mass is 10.3. The summed E-state index contributed by atoms with van der Waals surface area (Å²) < 4.78 is 31.7. The number of nitrogens with one attached hydrogen (secondary N) is 3. The Balaban J connectivity index is 2.23. The van der Waals surface area contributed by atoms with Crippen LogP contribution in [0.4, 0.5) is 5.69 Å². The van der Waals surface area contributed by atoms with Gasteiger partial charge in [0.2, 0.25) is 0 Å². The topological polar surface area (TPSA) is 134 Å². The number of benzene rings is 1. The van der Waals surface area contributed by atoms with Crippen molar-refractivity contribution in [1.82, 2.24) is 10.2 Å². The molecule has 0 spiro atoms. The zero-order chi connectivity index (χ0) is 14.6. The summed E-state index contributed by atoms with van der Waals surface area (Å²) in [7, 11) is -3.76. The first-order chi connectivity index (χ1) is 9.49. The Morgan fingerprint density at radius 1 is 1.40 bits per heavy atom. The van der Waals surface area contributed by atoms with Crippen LogP contribution in [0.25, 0.3) is 0 Å². The fraction of sp³-hybridized carbons (Fsp3) is 0.0909. The fourth-order valence-corrected chi connectivity index (χ4v) is 2.41. The van der Waals surface area contributed by atoms with E-state index in [0.717, 1.165) is 0 Å². The first-order valence-electron chi connectivity index (χ1n) is 5.56. The molecule has 0 bridgehead atoms. The zero-order valence-electron chi connectivity index (χ0n) is 10.3. The summed E-state index contributed by atoms with van der Waals surface area (Å²) in [5, 5.41) is 13.0. The standard InChI is InChI=1S/C11H13N5O3S/c12-10(13)7-19-9-4-2-1-3-8(9)16-20(17,18)11-5-6-14-15-11/h1-6,16H,7H2,(H3,12,13)(H,14,15). The molecule has 0 fully saturated rings. The van der Waals surface area contributed by atoms with Crippen LogP contribution in [-0.4, -0.2) is 31.1 Å². The largest absolute Gasteiger partial charge is 0.484 e. The van der Waals surface area contributed by atoms with Gasteiger partial charge >= 0.3 is 0 Å². The van der Waals surface area contributed by atoms with E-state index in [0.29, 0.717) is 0 Å². The highest BCUT2D eigenvalue weighted by molar-refractivity contribution is 7.92. The van der Waals surface area contributed by atoms with Crippen molar-refractivity contribution in [3.63, 3.8) is 0 Å². The molecule has 1 aromatic heterocycles. The van der Waals surface area contributed by atoms with Crippen molar-refractivity contribution in [3.05, 3.63) is 36.5 Å². The van der Waals surface area contributed by atoms with Gasteiger partial charge in [-0.3, -0.25) is 15.2 Å². The Hall–Kier alpha value is -2.55. The van der Waals surface area contributed by atoms with E-state index in [-0.39, 0.29) is 28.9 Å². The molecule has 0 amide bonds. The van der Waals surface area contributed by atoms with Gasteiger partial charge in [0.15, 0.2) is 5.03 Å². The van der Waals surface area contributed by atoms with Crippen LogP contribution in [0, 0.1) is 5.41 Å². The van der Waals surface area contributed by atoms with Crippen molar-refractivity contribution in [2.45, 2.75) is 5.03 Å². The van der Waals surface area contributed by atoms with Crippen molar-refractivity contribution < 1.29 is 13.2 Å². The van der Waals surface area contributed by atoms with Crippen LogP contribution < -0.4 is 15.2 Å². The van der Waals surface area contributed by atoms with E-state index in [9.17, 15) is 8.42 Å². The molecule has 0 radical (unpaired) electrons. The van der Waals surface area contributed by atoms with Gasteiger partial charge in [0.1, 0.15) is 18.2 Å². The molecular formula is C11H13N5O3S. The van der Waals surface area contributed by atoms with Gasteiger partial charge in [-0.15, -0.1) is 0 Å². The highest BCUT2D eigenvalue weighted by Crippen LogP contribution is 2.25. The fourth-order valence-electron chi connectivity index (χ4n) is 1.42. The lowest BCUT2D eigenvalue weighted by Crippen LogP contribution is -2.20. The molecule has 0 aliphatic rings. The summed E-state index contributed by atoms with van der Waals surface area (Å²) in [4.78, 5) is 0. The second kappa shape index (κ2) is 5.61. The Kier molecular flexibility index (Phi) is 3.89. The summed E-state index contributed by atoms with van der Waals surface area (Å²) in [5.41, 5.74) is 5.45. The van der Waals surface area contributed by atoms with Crippen LogP contribution in [0.15, 0.2) is 41.6 Å². The lowest BCUT2D eigenvalue weighted by molar-refractivity contribution is 0.376. The number of anilines is 1. The molecule has 0 aliphatic heterocycles. The predicted octanol–water partition coefficient (Wildman–Crippen LogP) is 0.525. The number of hydrogen-bond donors (Lipinski definition) is 4. The third-order valence-electron chi connectivity index (χ3n) is 2.28. The minimum absolute atomic E-state index is 0.0566. The van der Waals surface area contributed by atoms with Gasteiger partial charge in [-0.25, -0.2) is 0 Å². The highest BCUT2D eigenvalue weighted by atomic mass is 32.2. The average Bonchev–Trinajstić information content (AvgIpc) is 2.92. The van der Waals surface area contributed by atoms with E-state index < -0.39 is 10.0 Å². The minimum atomic E-state index is -3.76. The molecule has 9 heteroatoms. The summed E-state index contributed by atoms with van der Waals surface area (Å²) in [5.74, 6) is 0.127. The number of para-hydroxylation sites is 2. The third-order valence-corrected chi connectivity index (χ3v) is 3.57. The molecule has 0 atom stereocenters. The first-order valence-corrected chi connectivity index (χ1v) is 7.04. The number of sulfonamides is 1. The van der Waals surface area contributed by atoms with Gasteiger partial charge in [0.05, 0.1) is 11.9 Å². The summed E-state index contributed by atoms with van der Waals surface area (Å²) in [6.45, 7) is -0.122. The maximum Gasteiger partial charge on any atom is 0.278 e. The number of hydrogen-bond acceptors (Lipinski definition) is 5. The van der Waals surface area contributed by atoms with E-state index >= 15 is 0 Å². The van der Waals surface area contributed by atoms with Crippen molar-refractivity contribution >= 4 is 21.5 Å². The number of amidine groups is 1. The van der Waals surface area contributed by atoms with Crippen molar-refractivity contribution in [1.29, 1.82) is 5.41 Å². The van der Waals surface area contributed by atoms with Gasteiger partial charge in [0.25, 0.3) is 10.0 Å². The van der Waals surface area contributed by atoms with Gasteiger partial charge < -0.3 is 10.5 Å². The van der Waals surface area contributed by atoms with Crippen molar-refractivity contribution in [2.24, 2.45) is 5.73 Å². The number of aromatic amines is 1. The number of H-pyrrole nitrogens is 1. The second-order valence-corrected chi connectivity index (χ2v) is 5.49. The highest BCUT2D eigenvalue weighted by Gasteiger charge is 2.17. The van der Waals surface area contributed by atoms with E-state index in [1.54, 1.807) is 24.3 Å². The van der Waals surface area contributed by atoms with Crippen LogP contribution in [0.2, 0.25) is 0 Å². The van der Waals surface area contributed by atoms with E-state index in [1.165, 1.54) is 12.3 Å². The van der Waals surface area contributed by atoms with Gasteiger partial charge in [-0.2, -0.15) is 13.5 Å². The van der Waals surface area contributed by atoms with Crippen LogP contribution in [-0.2, 0) is 10.0 Å². The first kappa shape index (κ1) is 13.9. The van der Waals surface area contributed by atoms with Crippen molar-refractivity contribution in [2.75, 3.05) is 11.3 Å². The molecule has 2 aromatic rings. The molecule has 20 heavy (non-hydrogen) atoms. The predicted molar refractivity (Wildman–Crippen MR) is 73.2 cm³/mol. The molecule has 5 N–H and O–H groups in total. The van der Waals surface area contributed by atoms with E-state index in [1.807, 2.05) is 0 Å². The molecule has 106 valence electrons.